The van der Waals surface area contributed by atoms with Crippen LogP contribution in [-0.2, 0) is 26.4 Å². The molecule has 0 aliphatic carbocycles. The number of hydrogen-bond donors (Lipinski definition) is 2. The Hall–Kier alpha value is -4.08. The van der Waals surface area contributed by atoms with Gasteiger partial charge in [-0.05, 0) is 36.4 Å². The lowest BCUT2D eigenvalue weighted by Crippen LogP contribution is -2.23. The van der Waals surface area contributed by atoms with Crippen LogP contribution < -0.4 is 14.8 Å². The van der Waals surface area contributed by atoms with E-state index in [1.807, 2.05) is 0 Å². The zero-order valence-electron chi connectivity index (χ0n) is 20.4. The number of hydrogen-bond acceptors (Lipinski definition) is 8. The van der Waals surface area contributed by atoms with Crippen molar-refractivity contribution in [2.45, 2.75) is 11.6 Å². The number of ether oxygens (including phenoxy) is 1. The topological polar surface area (TPSA) is 154 Å². The molecule has 0 aliphatic heterocycles. The molecule has 0 saturated carbocycles. The van der Waals surface area contributed by atoms with Crippen LogP contribution in [0.5, 0.6) is 5.75 Å². The molecule has 2 aromatic heterocycles. The minimum absolute atomic E-state index is 0.107. The summed E-state index contributed by atoms with van der Waals surface area (Å²) in [5, 5.41) is 6.18. The zero-order valence-corrected chi connectivity index (χ0v) is 22.0. The predicted octanol–water partition coefficient (Wildman–Crippen LogP) is 1.91. The molecule has 2 N–H and O–H groups in total. The van der Waals surface area contributed by atoms with Gasteiger partial charge in [0.05, 0.1) is 31.3 Å². The molecule has 38 heavy (non-hydrogen) atoms. The summed E-state index contributed by atoms with van der Waals surface area (Å²) in [6, 6.07) is 11.5. The first-order valence-electron chi connectivity index (χ1n) is 10.9. The van der Waals surface area contributed by atoms with Gasteiger partial charge in [0.2, 0.25) is 10.0 Å². The smallest absolute Gasteiger partial charge is 0.274 e. The molecule has 2 aromatic carbocycles. The number of sulfone groups is 1. The lowest BCUT2D eigenvalue weighted by atomic mass is 10.2. The van der Waals surface area contributed by atoms with Crippen molar-refractivity contribution in [3.8, 4) is 17.1 Å². The van der Waals surface area contributed by atoms with E-state index in [0.717, 1.165) is 29.3 Å². The molecule has 2 heterocycles. The lowest BCUT2D eigenvalue weighted by molar-refractivity contribution is 0.101. The molecule has 0 spiro atoms. The third kappa shape index (κ3) is 6.07. The van der Waals surface area contributed by atoms with E-state index in [9.17, 15) is 21.6 Å². The van der Waals surface area contributed by atoms with E-state index in [4.69, 9.17) is 4.74 Å². The Balaban J connectivity index is 1.63. The van der Waals surface area contributed by atoms with E-state index >= 15 is 4.39 Å². The molecule has 200 valence electrons. The number of aromatic nitrogens is 4. The Bertz CT molecular complexity index is 1710. The molecular formula is C23H23FN6O6S2. The third-order valence-corrected chi connectivity index (χ3v) is 6.93. The van der Waals surface area contributed by atoms with Crippen LogP contribution in [0.4, 0.5) is 10.1 Å². The molecule has 15 heteroatoms. The van der Waals surface area contributed by atoms with Crippen molar-refractivity contribution in [3.05, 3.63) is 78.3 Å². The zero-order chi connectivity index (χ0) is 27.7. The summed E-state index contributed by atoms with van der Waals surface area (Å²) >= 11 is 0. The second kappa shape index (κ2) is 10.4. The molecule has 0 unspecified atom stereocenters. The van der Waals surface area contributed by atoms with Crippen molar-refractivity contribution >= 4 is 31.5 Å². The van der Waals surface area contributed by atoms with E-state index < -0.39 is 31.6 Å². The van der Waals surface area contributed by atoms with Gasteiger partial charge in [0.25, 0.3) is 5.91 Å². The van der Waals surface area contributed by atoms with Gasteiger partial charge in [-0.2, -0.15) is 5.10 Å². The van der Waals surface area contributed by atoms with E-state index in [0.29, 0.717) is 22.9 Å². The van der Waals surface area contributed by atoms with Crippen LogP contribution in [0.2, 0.25) is 0 Å². The highest BCUT2D eigenvalue weighted by Crippen LogP contribution is 2.23. The molecule has 0 bridgehead atoms. The van der Waals surface area contributed by atoms with Crippen molar-refractivity contribution in [2.24, 2.45) is 0 Å². The fraction of sp³-hybridized carbons (Fsp3) is 0.174. The SMILES string of the molecule is COc1ccc(-n2nc(S(C)(=O)=O)cc2C(=O)Nc2ccc(-n3ccnc3CNS(C)(=O)=O)cc2F)cc1. The van der Waals surface area contributed by atoms with Gasteiger partial charge >= 0.3 is 0 Å². The molecule has 4 aromatic rings. The monoisotopic (exact) mass is 562 g/mol. The second-order valence-corrected chi connectivity index (χ2v) is 12.0. The van der Waals surface area contributed by atoms with Crippen LogP contribution in [0.1, 0.15) is 16.3 Å². The Labute approximate surface area is 218 Å². The number of anilines is 1. The largest absolute Gasteiger partial charge is 0.497 e. The van der Waals surface area contributed by atoms with Gasteiger partial charge in [-0.1, -0.05) is 0 Å². The number of imidazole rings is 1. The molecule has 0 radical (unpaired) electrons. The van der Waals surface area contributed by atoms with Gasteiger partial charge in [-0.15, -0.1) is 0 Å². The first kappa shape index (κ1) is 27.0. The van der Waals surface area contributed by atoms with E-state index in [1.165, 1.54) is 36.2 Å². The van der Waals surface area contributed by atoms with Crippen LogP contribution in [-0.4, -0.2) is 61.7 Å². The Morgan fingerprint density at radius 1 is 1.03 bits per heavy atom. The number of nitrogens with zero attached hydrogens (tertiary/aromatic N) is 4. The third-order valence-electron chi connectivity index (χ3n) is 5.31. The first-order valence-corrected chi connectivity index (χ1v) is 14.7. The minimum Gasteiger partial charge on any atom is -0.497 e. The number of carbonyl (C=O) groups is 1. The average molecular weight is 563 g/mol. The predicted molar refractivity (Wildman–Crippen MR) is 136 cm³/mol. The molecule has 0 aliphatic rings. The molecule has 0 saturated heterocycles. The van der Waals surface area contributed by atoms with Crippen molar-refractivity contribution in [1.82, 2.24) is 24.1 Å². The Morgan fingerprint density at radius 2 is 1.71 bits per heavy atom. The highest BCUT2D eigenvalue weighted by molar-refractivity contribution is 7.90. The Kier molecular flexibility index (Phi) is 7.35. The molecule has 4 rings (SSSR count). The van der Waals surface area contributed by atoms with E-state index in [-0.39, 0.29) is 23.0 Å². The van der Waals surface area contributed by atoms with Crippen LogP contribution >= 0.6 is 0 Å². The number of halogens is 1. The van der Waals surface area contributed by atoms with Crippen LogP contribution in [0.15, 0.2) is 66.0 Å². The summed E-state index contributed by atoms with van der Waals surface area (Å²) < 4.78 is 72.1. The first-order chi connectivity index (χ1) is 17.9. The maximum atomic E-state index is 15.0. The molecule has 1 amide bonds. The summed E-state index contributed by atoms with van der Waals surface area (Å²) in [5.74, 6) is -0.713. The minimum atomic E-state index is -3.75. The number of sulfonamides is 1. The fourth-order valence-electron chi connectivity index (χ4n) is 3.46. The van der Waals surface area contributed by atoms with E-state index in [2.05, 4.69) is 20.1 Å². The van der Waals surface area contributed by atoms with Crippen molar-refractivity contribution in [2.75, 3.05) is 24.9 Å². The summed E-state index contributed by atoms with van der Waals surface area (Å²) in [5.41, 5.74) is 0.420. The van der Waals surface area contributed by atoms with Gasteiger partial charge in [0.1, 0.15) is 23.1 Å². The quantitative estimate of drug-likeness (QED) is 0.314. The standard InChI is InChI=1S/C23H23FN6O6S2/c1-36-17-7-4-15(5-8-17)30-20(13-22(28-30)37(2,32)33)23(31)27-19-9-6-16(12-18(19)24)29-11-10-25-21(29)14-26-38(3,34)35/h4-13,26H,14H2,1-3H3,(H,27,31). The summed E-state index contributed by atoms with van der Waals surface area (Å²) in [6.07, 6.45) is 4.94. The number of methoxy groups -OCH3 is 1. The number of amides is 1. The van der Waals surface area contributed by atoms with Crippen LogP contribution in [0.25, 0.3) is 11.4 Å². The summed E-state index contributed by atoms with van der Waals surface area (Å²) in [6.45, 7) is -0.107. The highest BCUT2D eigenvalue weighted by atomic mass is 32.2. The maximum Gasteiger partial charge on any atom is 0.274 e. The van der Waals surface area contributed by atoms with Crippen molar-refractivity contribution < 1.29 is 30.8 Å². The maximum absolute atomic E-state index is 15.0. The number of nitrogens with one attached hydrogen (secondary N) is 2. The molecule has 12 nitrogen and oxygen atoms in total. The van der Waals surface area contributed by atoms with Gasteiger partial charge in [0.15, 0.2) is 14.9 Å². The van der Waals surface area contributed by atoms with E-state index in [1.54, 1.807) is 24.3 Å². The number of rotatable bonds is 9. The second-order valence-electron chi connectivity index (χ2n) is 8.17. The highest BCUT2D eigenvalue weighted by Gasteiger charge is 2.23. The normalized spacial score (nSPS) is 11.9. The summed E-state index contributed by atoms with van der Waals surface area (Å²) in [7, 11) is -5.73. The van der Waals surface area contributed by atoms with Crippen LogP contribution in [0.3, 0.4) is 0 Å². The number of carbonyl (C=O) groups excluding carboxylic acids is 1. The fourth-order valence-corrected chi connectivity index (χ4v) is 4.41. The lowest BCUT2D eigenvalue weighted by Gasteiger charge is -2.12. The summed E-state index contributed by atoms with van der Waals surface area (Å²) in [4.78, 5) is 17.2. The van der Waals surface area contributed by atoms with Gasteiger partial charge < -0.3 is 14.6 Å². The van der Waals surface area contributed by atoms with Gasteiger partial charge in [0, 0.05) is 36.5 Å². The molecular weight excluding hydrogens is 539 g/mol. The van der Waals surface area contributed by atoms with Crippen molar-refractivity contribution in [1.29, 1.82) is 0 Å². The number of benzene rings is 2. The average Bonchev–Trinajstić information content (AvgIpc) is 3.51. The van der Waals surface area contributed by atoms with Gasteiger partial charge in [-0.3, -0.25) is 4.79 Å². The Morgan fingerprint density at radius 3 is 2.32 bits per heavy atom. The van der Waals surface area contributed by atoms with Crippen molar-refractivity contribution in [3.63, 3.8) is 0 Å². The van der Waals surface area contributed by atoms with Crippen LogP contribution in [0, 0.1) is 5.82 Å². The van der Waals surface area contributed by atoms with Gasteiger partial charge in [-0.25, -0.2) is 35.6 Å². The molecule has 0 fully saturated rings. The molecule has 0 atom stereocenters.